The van der Waals surface area contributed by atoms with Gasteiger partial charge < -0.3 is 0 Å². The fourth-order valence-electron chi connectivity index (χ4n) is 2.14. The first-order valence-electron chi connectivity index (χ1n) is 6.61. The number of alkyl halides is 3. The maximum atomic E-state index is 13.8. The third-order valence-corrected chi connectivity index (χ3v) is 4.83. The Bertz CT molecular complexity index is 1060. The second-order valence-corrected chi connectivity index (χ2v) is 7.05. The van der Waals surface area contributed by atoms with Gasteiger partial charge in [-0.25, -0.2) is 4.39 Å². The number of nitrogens with zero attached hydrogens (tertiary/aromatic N) is 1. The number of anilines is 1. The lowest BCUT2D eigenvalue weighted by Crippen LogP contribution is -2.15. The summed E-state index contributed by atoms with van der Waals surface area (Å²) in [6.45, 7) is 0. The van der Waals surface area contributed by atoms with Gasteiger partial charge >= 0.3 is 6.18 Å². The van der Waals surface area contributed by atoms with Crippen LogP contribution in [0.25, 0.3) is 10.9 Å². The molecule has 3 rings (SSSR count). The highest BCUT2D eigenvalue weighted by molar-refractivity contribution is 7.92. The van der Waals surface area contributed by atoms with E-state index >= 15 is 0 Å². The molecule has 2 aromatic carbocycles. The predicted molar refractivity (Wildman–Crippen MR) is 83.3 cm³/mol. The Morgan fingerprint density at radius 2 is 1.84 bits per heavy atom. The summed E-state index contributed by atoms with van der Waals surface area (Å²) in [5, 5.41) is 6.24. The molecule has 0 amide bonds. The Morgan fingerprint density at radius 1 is 1.12 bits per heavy atom. The van der Waals surface area contributed by atoms with Crippen molar-refractivity contribution >= 4 is 38.2 Å². The minimum Gasteiger partial charge on any atom is -0.276 e. The van der Waals surface area contributed by atoms with Crippen LogP contribution in [-0.4, -0.2) is 18.6 Å². The van der Waals surface area contributed by atoms with Crippen LogP contribution < -0.4 is 4.72 Å². The third-order valence-electron chi connectivity index (χ3n) is 3.29. The van der Waals surface area contributed by atoms with Crippen LogP contribution >= 0.6 is 11.6 Å². The molecule has 0 unspecified atom stereocenters. The molecule has 1 aromatic heterocycles. The highest BCUT2D eigenvalue weighted by Gasteiger charge is 2.31. The Kier molecular flexibility index (Phi) is 4.12. The molecule has 0 bridgehead atoms. The van der Waals surface area contributed by atoms with Crippen molar-refractivity contribution in [1.82, 2.24) is 10.2 Å². The largest absolute Gasteiger partial charge is 0.416 e. The molecule has 5 nitrogen and oxygen atoms in total. The zero-order valence-electron chi connectivity index (χ0n) is 12.0. The van der Waals surface area contributed by atoms with Crippen LogP contribution in [0.4, 0.5) is 23.2 Å². The van der Waals surface area contributed by atoms with E-state index in [2.05, 4.69) is 10.2 Å². The van der Waals surface area contributed by atoms with Crippen molar-refractivity contribution < 1.29 is 26.0 Å². The molecule has 25 heavy (non-hydrogen) atoms. The molecule has 0 aliphatic rings. The fourth-order valence-corrected chi connectivity index (χ4v) is 3.50. The van der Waals surface area contributed by atoms with E-state index in [1.165, 1.54) is 18.2 Å². The van der Waals surface area contributed by atoms with Gasteiger partial charge in [-0.15, -0.1) is 0 Å². The number of fused-ring (bicyclic) bond motifs is 1. The summed E-state index contributed by atoms with van der Waals surface area (Å²) in [6, 6.07) is 5.77. The first-order chi connectivity index (χ1) is 11.6. The monoisotopic (exact) mass is 393 g/mol. The molecular weight excluding hydrogens is 386 g/mol. The molecule has 132 valence electrons. The molecule has 0 aliphatic heterocycles. The van der Waals surface area contributed by atoms with Crippen molar-refractivity contribution in [3.05, 3.63) is 52.8 Å². The molecule has 11 heteroatoms. The molecule has 1 heterocycles. The highest BCUT2D eigenvalue weighted by Crippen LogP contribution is 2.32. The molecule has 0 aliphatic carbocycles. The number of aromatic nitrogens is 2. The minimum absolute atomic E-state index is 0.198. The third kappa shape index (κ3) is 3.40. The van der Waals surface area contributed by atoms with Crippen LogP contribution in [0.3, 0.4) is 0 Å². The SMILES string of the molecule is O=S(=O)(Nc1ccc(C(F)(F)F)cc1F)c1n[nH]c2cc(Cl)ccc12. The Hall–Kier alpha value is -2.33. The normalized spacial score (nSPS) is 12.5. The second kappa shape index (κ2) is 5.88. The molecule has 0 saturated heterocycles. The number of sulfonamides is 1. The molecule has 0 radical (unpaired) electrons. The summed E-state index contributed by atoms with van der Waals surface area (Å²) in [5.41, 5.74) is -1.52. The Balaban J connectivity index is 1.99. The summed E-state index contributed by atoms with van der Waals surface area (Å²) in [7, 11) is -4.34. The number of halogens is 5. The summed E-state index contributed by atoms with van der Waals surface area (Å²) in [6.07, 6.45) is -4.74. The van der Waals surface area contributed by atoms with Gasteiger partial charge in [0.25, 0.3) is 10.0 Å². The quantitative estimate of drug-likeness (QED) is 0.656. The van der Waals surface area contributed by atoms with Crippen LogP contribution in [-0.2, 0) is 16.2 Å². The average Bonchev–Trinajstić information content (AvgIpc) is 2.91. The van der Waals surface area contributed by atoms with Crippen molar-refractivity contribution in [1.29, 1.82) is 0 Å². The smallest absolute Gasteiger partial charge is 0.276 e. The van der Waals surface area contributed by atoms with E-state index < -0.39 is 38.3 Å². The Labute approximate surface area is 143 Å². The van der Waals surface area contributed by atoms with Gasteiger partial charge in [-0.2, -0.15) is 26.7 Å². The van der Waals surface area contributed by atoms with Gasteiger partial charge in [0.2, 0.25) is 5.03 Å². The van der Waals surface area contributed by atoms with Gasteiger partial charge in [-0.05, 0) is 36.4 Å². The predicted octanol–water partition coefficient (Wildman–Crippen LogP) is 4.18. The van der Waals surface area contributed by atoms with Gasteiger partial charge in [-0.1, -0.05) is 11.6 Å². The van der Waals surface area contributed by atoms with Crippen LogP contribution in [0.15, 0.2) is 41.4 Å². The van der Waals surface area contributed by atoms with E-state index in [9.17, 15) is 26.0 Å². The van der Waals surface area contributed by atoms with Crippen molar-refractivity contribution in [2.75, 3.05) is 4.72 Å². The zero-order valence-corrected chi connectivity index (χ0v) is 13.6. The van der Waals surface area contributed by atoms with Crippen molar-refractivity contribution in [3.8, 4) is 0 Å². The van der Waals surface area contributed by atoms with Crippen molar-refractivity contribution in [2.24, 2.45) is 0 Å². The Morgan fingerprint density at radius 3 is 2.48 bits per heavy atom. The molecule has 0 atom stereocenters. The van der Waals surface area contributed by atoms with Gasteiger partial charge in [0.05, 0.1) is 16.8 Å². The van der Waals surface area contributed by atoms with E-state index in [1.54, 1.807) is 0 Å². The van der Waals surface area contributed by atoms with Crippen LogP contribution in [0.2, 0.25) is 5.02 Å². The standard InChI is InChI=1S/C14H8ClF4N3O2S/c15-8-2-3-9-12(6-8)20-21-13(9)25(23,24)22-11-4-1-7(5-10(11)16)14(17,18)19/h1-6,22H,(H,20,21). The molecule has 0 fully saturated rings. The maximum absolute atomic E-state index is 13.8. The van der Waals surface area contributed by atoms with E-state index in [4.69, 9.17) is 11.6 Å². The number of nitrogens with one attached hydrogen (secondary N) is 2. The van der Waals surface area contributed by atoms with E-state index in [-0.39, 0.29) is 11.5 Å². The highest BCUT2D eigenvalue weighted by atomic mass is 35.5. The first-order valence-corrected chi connectivity index (χ1v) is 8.47. The van der Waals surface area contributed by atoms with Gasteiger partial charge in [-0.3, -0.25) is 9.82 Å². The fraction of sp³-hybridized carbons (Fsp3) is 0.0714. The maximum Gasteiger partial charge on any atom is 0.416 e. The number of hydrogen-bond donors (Lipinski definition) is 2. The summed E-state index contributed by atoms with van der Waals surface area (Å²) in [5.74, 6) is -1.36. The van der Waals surface area contributed by atoms with Gasteiger partial charge in [0.1, 0.15) is 5.82 Å². The van der Waals surface area contributed by atoms with E-state index in [0.29, 0.717) is 22.7 Å². The zero-order chi connectivity index (χ0) is 18.4. The number of H-pyrrole nitrogens is 1. The number of hydrogen-bond acceptors (Lipinski definition) is 3. The lowest BCUT2D eigenvalue weighted by Gasteiger charge is -2.10. The molecule has 0 saturated carbocycles. The van der Waals surface area contributed by atoms with Crippen molar-refractivity contribution in [2.45, 2.75) is 11.2 Å². The topological polar surface area (TPSA) is 74.8 Å². The van der Waals surface area contributed by atoms with Gasteiger partial charge in [0, 0.05) is 10.4 Å². The van der Waals surface area contributed by atoms with Crippen molar-refractivity contribution in [3.63, 3.8) is 0 Å². The lowest BCUT2D eigenvalue weighted by molar-refractivity contribution is -0.137. The van der Waals surface area contributed by atoms with Gasteiger partial charge in [0.15, 0.2) is 0 Å². The van der Waals surface area contributed by atoms with E-state index in [0.717, 1.165) is 0 Å². The van der Waals surface area contributed by atoms with Crippen LogP contribution in [0.1, 0.15) is 5.56 Å². The second-order valence-electron chi connectivity index (χ2n) is 5.02. The van der Waals surface area contributed by atoms with Crippen LogP contribution in [0.5, 0.6) is 0 Å². The molecular formula is C14H8ClF4N3O2S. The molecule has 0 spiro atoms. The number of benzene rings is 2. The average molecular weight is 394 g/mol. The summed E-state index contributed by atoms with van der Waals surface area (Å²) < 4.78 is 78.1. The molecule has 2 N–H and O–H groups in total. The number of rotatable bonds is 3. The first kappa shape index (κ1) is 17.5. The summed E-state index contributed by atoms with van der Waals surface area (Å²) >= 11 is 5.79. The summed E-state index contributed by atoms with van der Waals surface area (Å²) in [4.78, 5) is 0. The molecule has 3 aromatic rings. The minimum atomic E-state index is -4.74. The number of aromatic amines is 1. The van der Waals surface area contributed by atoms with Crippen LogP contribution in [0, 0.1) is 5.82 Å². The lowest BCUT2D eigenvalue weighted by atomic mass is 10.2. The van der Waals surface area contributed by atoms with E-state index in [1.807, 2.05) is 4.72 Å².